The highest BCUT2D eigenvalue weighted by Gasteiger charge is 2.24. The summed E-state index contributed by atoms with van der Waals surface area (Å²) in [4.78, 5) is 0. The van der Waals surface area contributed by atoms with E-state index in [1.807, 2.05) is 12.1 Å². The quantitative estimate of drug-likeness (QED) is 0.904. The zero-order valence-electron chi connectivity index (χ0n) is 9.88. The van der Waals surface area contributed by atoms with Crippen LogP contribution in [0.2, 0.25) is 10.0 Å². The van der Waals surface area contributed by atoms with Gasteiger partial charge in [0, 0.05) is 28.7 Å². The monoisotopic (exact) mass is 273 g/mol. The zero-order valence-corrected chi connectivity index (χ0v) is 11.4. The molecule has 0 spiro atoms. The van der Waals surface area contributed by atoms with Gasteiger partial charge in [0.25, 0.3) is 0 Å². The lowest BCUT2D eigenvalue weighted by molar-refractivity contribution is -0.0424. The van der Waals surface area contributed by atoms with Gasteiger partial charge in [-0.25, -0.2) is 0 Å². The van der Waals surface area contributed by atoms with E-state index in [0.717, 1.165) is 36.5 Å². The molecule has 17 heavy (non-hydrogen) atoms. The molecule has 94 valence electrons. The molecule has 0 bridgehead atoms. The SMILES string of the molecule is CCCC1CNCC(c2cc(Cl)ccc2Cl)O1. The molecule has 1 heterocycles. The zero-order chi connectivity index (χ0) is 12.3. The van der Waals surface area contributed by atoms with E-state index in [2.05, 4.69) is 12.2 Å². The first kappa shape index (κ1) is 13.2. The maximum Gasteiger partial charge on any atom is 0.0968 e. The average molecular weight is 274 g/mol. The molecule has 2 unspecified atom stereocenters. The maximum atomic E-state index is 6.19. The summed E-state index contributed by atoms with van der Waals surface area (Å²) in [5, 5.41) is 4.81. The smallest absolute Gasteiger partial charge is 0.0968 e. The van der Waals surface area contributed by atoms with Crippen molar-refractivity contribution < 1.29 is 4.74 Å². The summed E-state index contributed by atoms with van der Waals surface area (Å²) in [5.41, 5.74) is 0.979. The summed E-state index contributed by atoms with van der Waals surface area (Å²) in [6.45, 7) is 3.88. The maximum absolute atomic E-state index is 6.19. The highest BCUT2D eigenvalue weighted by molar-refractivity contribution is 6.33. The summed E-state index contributed by atoms with van der Waals surface area (Å²) in [5.74, 6) is 0. The van der Waals surface area contributed by atoms with Gasteiger partial charge >= 0.3 is 0 Å². The van der Waals surface area contributed by atoms with Crippen molar-refractivity contribution >= 4 is 23.2 Å². The number of nitrogens with one attached hydrogen (secondary N) is 1. The Morgan fingerprint density at radius 3 is 2.94 bits per heavy atom. The van der Waals surface area contributed by atoms with Crippen molar-refractivity contribution in [1.29, 1.82) is 0 Å². The third-order valence-electron chi connectivity index (χ3n) is 2.97. The van der Waals surface area contributed by atoms with Crippen LogP contribution in [0.4, 0.5) is 0 Å². The van der Waals surface area contributed by atoms with Crippen molar-refractivity contribution in [3.05, 3.63) is 33.8 Å². The van der Waals surface area contributed by atoms with Gasteiger partial charge in [0.1, 0.15) is 0 Å². The fourth-order valence-electron chi connectivity index (χ4n) is 2.14. The van der Waals surface area contributed by atoms with Crippen LogP contribution in [0.25, 0.3) is 0 Å². The standard InChI is InChI=1S/C13H17Cl2NO/c1-2-3-10-7-16-8-13(17-10)11-6-9(14)4-5-12(11)15/h4-6,10,13,16H,2-3,7-8H2,1H3. The van der Waals surface area contributed by atoms with Crippen molar-refractivity contribution in [2.45, 2.75) is 32.0 Å². The lowest BCUT2D eigenvalue weighted by Gasteiger charge is -2.31. The molecule has 0 amide bonds. The fraction of sp³-hybridized carbons (Fsp3) is 0.538. The summed E-state index contributed by atoms with van der Waals surface area (Å²) in [6.07, 6.45) is 2.48. The second-order valence-corrected chi connectivity index (χ2v) is 5.20. The van der Waals surface area contributed by atoms with Gasteiger partial charge in [-0.2, -0.15) is 0 Å². The molecule has 1 saturated heterocycles. The summed E-state index contributed by atoms with van der Waals surface area (Å²) >= 11 is 12.2. The first-order valence-electron chi connectivity index (χ1n) is 6.02. The molecule has 1 fully saturated rings. The largest absolute Gasteiger partial charge is 0.368 e. The third-order valence-corrected chi connectivity index (χ3v) is 3.55. The van der Waals surface area contributed by atoms with E-state index in [0.29, 0.717) is 5.02 Å². The molecule has 0 radical (unpaired) electrons. The molecular weight excluding hydrogens is 257 g/mol. The van der Waals surface area contributed by atoms with E-state index >= 15 is 0 Å². The molecular formula is C13H17Cl2NO. The number of hydrogen-bond donors (Lipinski definition) is 1. The highest BCUT2D eigenvalue weighted by Crippen LogP contribution is 2.30. The Morgan fingerprint density at radius 1 is 1.35 bits per heavy atom. The van der Waals surface area contributed by atoms with Crippen LogP contribution in [0.1, 0.15) is 31.4 Å². The summed E-state index contributed by atoms with van der Waals surface area (Å²) in [7, 11) is 0. The van der Waals surface area contributed by atoms with Gasteiger partial charge in [-0.15, -0.1) is 0 Å². The molecule has 1 aromatic rings. The van der Waals surface area contributed by atoms with Crippen LogP contribution < -0.4 is 5.32 Å². The molecule has 0 aromatic heterocycles. The summed E-state index contributed by atoms with van der Waals surface area (Å²) in [6, 6.07) is 5.52. The van der Waals surface area contributed by atoms with E-state index in [9.17, 15) is 0 Å². The van der Waals surface area contributed by atoms with Crippen LogP contribution >= 0.6 is 23.2 Å². The Hall–Kier alpha value is -0.280. The van der Waals surface area contributed by atoms with Crippen molar-refractivity contribution in [1.82, 2.24) is 5.32 Å². The first-order chi connectivity index (χ1) is 8.20. The summed E-state index contributed by atoms with van der Waals surface area (Å²) < 4.78 is 6.04. The molecule has 1 N–H and O–H groups in total. The normalized spacial score (nSPS) is 24.9. The average Bonchev–Trinajstić information content (AvgIpc) is 2.33. The van der Waals surface area contributed by atoms with Gasteiger partial charge in [-0.05, 0) is 24.6 Å². The number of ether oxygens (including phenoxy) is 1. The van der Waals surface area contributed by atoms with E-state index < -0.39 is 0 Å². The highest BCUT2D eigenvalue weighted by atomic mass is 35.5. The van der Waals surface area contributed by atoms with Crippen molar-refractivity contribution in [3.63, 3.8) is 0 Å². The molecule has 2 nitrogen and oxygen atoms in total. The lowest BCUT2D eigenvalue weighted by atomic mass is 10.1. The lowest BCUT2D eigenvalue weighted by Crippen LogP contribution is -2.40. The Labute approximate surface area is 112 Å². The molecule has 1 aliphatic heterocycles. The molecule has 2 rings (SSSR count). The van der Waals surface area contributed by atoms with Crippen LogP contribution in [0, 0.1) is 0 Å². The number of rotatable bonds is 3. The molecule has 4 heteroatoms. The fourth-order valence-corrected chi connectivity index (χ4v) is 2.56. The van der Waals surface area contributed by atoms with E-state index in [4.69, 9.17) is 27.9 Å². The third kappa shape index (κ3) is 3.35. The van der Waals surface area contributed by atoms with Gasteiger partial charge in [0.15, 0.2) is 0 Å². The Bertz CT molecular complexity index is 382. The van der Waals surface area contributed by atoms with Gasteiger partial charge in [0.05, 0.1) is 12.2 Å². The van der Waals surface area contributed by atoms with Crippen LogP contribution in [-0.2, 0) is 4.74 Å². The predicted molar refractivity (Wildman–Crippen MR) is 71.9 cm³/mol. The van der Waals surface area contributed by atoms with Gasteiger partial charge < -0.3 is 10.1 Å². The number of benzene rings is 1. The Morgan fingerprint density at radius 2 is 2.18 bits per heavy atom. The topological polar surface area (TPSA) is 21.3 Å². The number of morpholine rings is 1. The van der Waals surface area contributed by atoms with Crippen LogP contribution in [-0.4, -0.2) is 19.2 Å². The molecule has 1 aromatic carbocycles. The van der Waals surface area contributed by atoms with Crippen molar-refractivity contribution in [2.24, 2.45) is 0 Å². The first-order valence-corrected chi connectivity index (χ1v) is 6.77. The van der Waals surface area contributed by atoms with Crippen LogP contribution in [0.3, 0.4) is 0 Å². The molecule has 0 aliphatic carbocycles. The Kier molecular flexibility index (Phi) is 4.69. The molecule has 2 atom stereocenters. The molecule has 1 aliphatic rings. The van der Waals surface area contributed by atoms with Crippen LogP contribution in [0.5, 0.6) is 0 Å². The van der Waals surface area contributed by atoms with Crippen molar-refractivity contribution in [3.8, 4) is 0 Å². The van der Waals surface area contributed by atoms with E-state index in [-0.39, 0.29) is 12.2 Å². The van der Waals surface area contributed by atoms with Gasteiger partial charge in [0.2, 0.25) is 0 Å². The second-order valence-electron chi connectivity index (χ2n) is 4.36. The van der Waals surface area contributed by atoms with Crippen molar-refractivity contribution in [2.75, 3.05) is 13.1 Å². The van der Waals surface area contributed by atoms with E-state index in [1.54, 1.807) is 6.07 Å². The van der Waals surface area contributed by atoms with E-state index in [1.165, 1.54) is 0 Å². The second kappa shape index (κ2) is 6.05. The number of halogens is 2. The minimum atomic E-state index is 0.00602. The minimum Gasteiger partial charge on any atom is -0.368 e. The van der Waals surface area contributed by atoms with Gasteiger partial charge in [-0.1, -0.05) is 36.5 Å². The molecule has 0 saturated carbocycles. The number of hydrogen-bond acceptors (Lipinski definition) is 2. The minimum absolute atomic E-state index is 0.00602. The Balaban J connectivity index is 2.13. The predicted octanol–water partition coefficient (Wildman–Crippen LogP) is 3.82. The van der Waals surface area contributed by atoms with Crippen LogP contribution in [0.15, 0.2) is 18.2 Å². The van der Waals surface area contributed by atoms with Gasteiger partial charge in [-0.3, -0.25) is 0 Å².